The van der Waals surface area contributed by atoms with E-state index in [1.54, 1.807) is 0 Å². The van der Waals surface area contributed by atoms with Gasteiger partial charge in [-0.2, -0.15) is 0 Å². The van der Waals surface area contributed by atoms with Gasteiger partial charge in [-0.3, -0.25) is 4.79 Å². The highest BCUT2D eigenvalue weighted by Gasteiger charge is 2.08. The molecule has 4 heteroatoms. The Balaban J connectivity index is 1.94. The number of aryl methyl sites for hydroxylation is 2. The molecule has 4 nitrogen and oxygen atoms in total. The molecule has 0 saturated heterocycles. The van der Waals surface area contributed by atoms with Gasteiger partial charge in [0.05, 0.1) is 17.6 Å². The van der Waals surface area contributed by atoms with Gasteiger partial charge < -0.3 is 9.72 Å². The maximum absolute atomic E-state index is 12.3. The molecule has 0 atom stereocenters. The Morgan fingerprint density at radius 1 is 1.09 bits per heavy atom. The lowest BCUT2D eigenvalue weighted by atomic mass is 10.1. The second-order valence-electron chi connectivity index (χ2n) is 5.72. The Bertz CT molecular complexity index is 896. The molecule has 0 fully saturated rings. The number of fused-ring (bicyclic) bond motifs is 1. The van der Waals surface area contributed by atoms with Crippen molar-refractivity contribution in [3.63, 3.8) is 0 Å². The van der Waals surface area contributed by atoms with Crippen molar-refractivity contribution in [1.82, 2.24) is 9.97 Å². The van der Waals surface area contributed by atoms with Crippen LogP contribution < -0.4 is 10.3 Å². The van der Waals surface area contributed by atoms with Crippen molar-refractivity contribution in [2.75, 3.05) is 6.61 Å². The molecule has 0 spiro atoms. The first kappa shape index (κ1) is 15.3. The second kappa shape index (κ2) is 6.24. The Kier molecular flexibility index (Phi) is 4.15. The van der Waals surface area contributed by atoms with Gasteiger partial charge in [0.15, 0.2) is 0 Å². The molecule has 0 aliphatic rings. The molecule has 0 bridgehead atoms. The predicted octanol–water partition coefficient (Wildman–Crippen LogP) is 3.53. The molecule has 1 N–H and O–H groups in total. The lowest BCUT2D eigenvalue weighted by Gasteiger charge is -2.07. The van der Waals surface area contributed by atoms with Crippen LogP contribution in [0.5, 0.6) is 5.75 Å². The molecule has 1 heterocycles. The van der Waals surface area contributed by atoms with Gasteiger partial charge in [0.1, 0.15) is 11.4 Å². The van der Waals surface area contributed by atoms with Crippen molar-refractivity contribution in [2.45, 2.75) is 27.2 Å². The number of ether oxygens (including phenoxy) is 1. The summed E-state index contributed by atoms with van der Waals surface area (Å²) in [5.41, 5.74) is 5.37. The Labute approximate surface area is 135 Å². The van der Waals surface area contributed by atoms with E-state index < -0.39 is 0 Å². The Morgan fingerprint density at radius 3 is 2.48 bits per heavy atom. The van der Waals surface area contributed by atoms with Crippen LogP contribution >= 0.6 is 0 Å². The highest BCUT2D eigenvalue weighted by molar-refractivity contribution is 5.76. The monoisotopic (exact) mass is 308 g/mol. The molecule has 0 aliphatic heterocycles. The van der Waals surface area contributed by atoms with Gasteiger partial charge in [-0.05, 0) is 61.7 Å². The third-order valence-corrected chi connectivity index (χ3v) is 3.98. The number of rotatable bonds is 4. The van der Waals surface area contributed by atoms with Crippen molar-refractivity contribution >= 4 is 11.0 Å². The SMILES string of the molecule is CCOc1ccc(Cc2nc3cc(C)c(C)cc3[nH]c2=O)cc1. The third-order valence-electron chi connectivity index (χ3n) is 3.98. The van der Waals surface area contributed by atoms with Crippen molar-refractivity contribution in [2.24, 2.45) is 0 Å². The molecule has 23 heavy (non-hydrogen) atoms. The van der Waals surface area contributed by atoms with E-state index in [-0.39, 0.29) is 5.56 Å². The highest BCUT2D eigenvalue weighted by atomic mass is 16.5. The van der Waals surface area contributed by atoms with E-state index in [0.717, 1.165) is 27.9 Å². The molecular formula is C19H20N2O2. The summed E-state index contributed by atoms with van der Waals surface area (Å²) in [4.78, 5) is 19.8. The fraction of sp³-hybridized carbons (Fsp3) is 0.263. The number of H-pyrrole nitrogens is 1. The van der Waals surface area contributed by atoms with Gasteiger partial charge in [-0.1, -0.05) is 12.1 Å². The smallest absolute Gasteiger partial charge is 0.270 e. The summed E-state index contributed by atoms with van der Waals surface area (Å²) in [7, 11) is 0. The highest BCUT2D eigenvalue weighted by Crippen LogP contribution is 2.17. The molecule has 0 radical (unpaired) electrons. The van der Waals surface area contributed by atoms with Crippen molar-refractivity contribution < 1.29 is 4.74 Å². The summed E-state index contributed by atoms with van der Waals surface area (Å²) >= 11 is 0. The molecule has 118 valence electrons. The van der Waals surface area contributed by atoms with E-state index in [2.05, 4.69) is 9.97 Å². The summed E-state index contributed by atoms with van der Waals surface area (Å²) in [5, 5.41) is 0. The largest absolute Gasteiger partial charge is 0.494 e. The van der Waals surface area contributed by atoms with Gasteiger partial charge in [-0.15, -0.1) is 0 Å². The topological polar surface area (TPSA) is 55.0 Å². The Morgan fingerprint density at radius 2 is 1.78 bits per heavy atom. The second-order valence-corrected chi connectivity index (χ2v) is 5.72. The molecule has 3 rings (SSSR count). The molecular weight excluding hydrogens is 288 g/mol. The first-order chi connectivity index (χ1) is 11.1. The predicted molar refractivity (Wildman–Crippen MR) is 92.3 cm³/mol. The number of aromatic amines is 1. The summed E-state index contributed by atoms with van der Waals surface area (Å²) in [6, 6.07) is 11.8. The maximum atomic E-state index is 12.3. The first-order valence-corrected chi connectivity index (χ1v) is 7.78. The fourth-order valence-electron chi connectivity index (χ4n) is 2.57. The Hall–Kier alpha value is -2.62. The van der Waals surface area contributed by atoms with Crippen LogP contribution in [0.25, 0.3) is 11.0 Å². The van der Waals surface area contributed by atoms with E-state index in [0.29, 0.717) is 18.7 Å². The fourth-order valence-corrected chi connectivity index (χ4v) is 2.57. The lowest BCUT2D eigenvalue weighted by molar-refractivity contribution is 0.340. The van der Waals surface area contributed by atoms with Gasteiger partial charge >= 0.3 is 0 Å². The summed E-state index contributed by atoms with van der Waals surface area (Å²) in [5.74, 6) is 0.836. The van der Waals surface area contributed by atoms with Crippen LogP contribution in [-0.4, -0.2) is 16.6 Å². The normalized spacial score (nSPS) is 10.9. The van der Waals surface area contributed by atoms with Crippen molar-refractivity contribution in [3.8, 4) is 5.75 Å². The number of nitrogens with zero attached hydrogens (tertiary/aromatic N) is 1. The average Bonchev–Trinajstić information content (AvgIpc) is 2.52. The molecule has 0 saturated carbocycles. The molecule has 0 amide bonds. The number of aromatic nitrogens is 2. The van der Waals surface area contributed by atoms with Gasteiger partial charge in [-0.25, -0.2) is 4.98 Å². The average molecular weight is 308 g/mol. The summed E-state index contributed by atoms with van der Waals surface area (Å²) < 4.78 is 5.43. The quantitative estimate of drug-likeness (QED) is 0.802. The minimum absolute atomic E-state index is 0.130. The number of nitrogens with one attached hydrogen (secondary N) is 1. The van der Waals surface area contributed by atoms with Crippen LogP contribution in [0, 0.1) is 13.8 Å². The molecule has 1 aromatic heterocycles. The molecule has 3 aromatic rings. The third kappa shape index (κ3) is 3.26. The van der Waals surface area contributed by atoms with Crippen LogP contribution in [0.15, 0.2) is 41.2 Å². The van der Waals surface area contributed by atoms with Crippen LogP contribution in [0.2, 0.25) is 0 Å². The number of hydrogen-bond acceptors (Lipinski definition) is 3. The van der Waals surface area contributed by atoms with Gasteiger partial charge in [0.2, 0.25) is 0 Å². The summed E-state index contributed by atoms with van der Waals surface area (Å²) in [6.07, 6.45) is 0.505. The minimum Gasteiger partial charge on any atom is -0.494 e. The van der Waals surface area contributed by atoms with Gasteiger partial charge in [0, 0.05) is 6.42 Å². The maximum Gasteiger partial charge on any atom is 0.270 e. The standard InChI is InChI=1S/C19H20N2O2/c1-4-23-15-7-5-14(6-8-15)11-18-19(22)21-17-10-13(3)12(2)9-16(17)20-18/h5-10H,4,11H2,1-3H3,(H,21,22). The van der Waals surface area contributed by atoms with Gasteiger partial charge in [0.25, 0.3) is 5.56 Å². The zero-order valence-corrected chi connectivity index (χ0v) is 13.6. The van der Waals surface area contributed by atoms with Crippen molar-refractivity contribution in [3.05, 3.63) is 69.1 Å². The number of hydrogen-bond donors (Lipinski definition) is 1. The number of benzene rings is 2. The minimum atomic E-state index is -0.130. The van der Waals surface area contributed by atoms with Crippen LogP contribution in [0.1, 0.15) is 29.3 Å². The van der Waals surface area contributed by atoms with Crippen LogP contribution in [-0.2, 0) is 6.42 Å². The molecule has 0 aliphatic carbocycles. The van der Waals surface area contributed by atoms with E-state index in [1.165, 1.54) is 5.56 Å². The van der Waals surface area contributed by atoms with E-state index in [4.69, 9.17) is 4.74 Å². The first-order valence-electron chi connectivity index (χ1n) is 7.78. The van der Waals surface area contributed by atoms with E-state index in [1.807, 2.05) is 57.2 Å². The lowest BCUT2D eigenvalue weighted by Crippen LogP contribution is -2.15. The van der Waals surface area contributed by atoms with Crippen LogP contribution in [0.4, 0.5) is 0 Å². The zero-order chi connectivity index (χ0) is 16.4. The van der Waals surface area contributed by atoms with E-state index >= 15 is 0 Å². The van der Waals surface area contributed by atoms with Crippen LogP contribution in [0.3, 0.4) is 0 Å². The van der Waals surface area contributed by atoms with Crippen molar-refractivity contribution in [1.29, 1.82) is 0 Å². The molecule has 2 aromatic carbocycles. The molecule has 0 unspecified atom stereocenters. The zero-order valence-electron chi connectivity index (χ0n) is 13.6. The summed E-state index contributed by atoms with van der Waals surface area (Å²) in [6.45, 7) is 6.68. The van der Waals surface area contributed by atoms with E-state index in [9.17, 15) is 4.79 Å².